The van der Waals surface area contributed by atoms with Crippen LogP contribution in [0.3, 0.4) is 0 Å². The Morgan fingerprint density at radius 2 is 1.67 bits per heavy atom. The van der Waals surface area contributed by atoms with Crippen LogP contribution in [0.2, 0.25) is 0 Å². The van der Waals surface area contributed by atoms with Crippen molar-refractivity contribution in [3.05, 3.63) is 12.7 Å². The summed E-state index contributed by atoms with van der Waals surface area (Å²) < 4.78 is 8.70. The molecule has 0 rings (SSSR count). The summed E-state index contributed by atoms with van der Waals surface area (Å²) in [6.07, 6.45) is 0.833. The Balaban J connectivity index is 0. The van der Waals surface area contributed by atoms with E-state index in [2.05, 4.69) is 6.58 Å². The van der Waals surface area contributed by atoms with Gasteiger partial charge in [0.2, 0.25) is 0 Å². The van der Waals surface area contributed by atoms with Gasteiger partial charge >= 0.3 is 14.2 Å². The highest BCUT2D eigenvalue weighted by Gasteiger charge is 1.93. The van der Waals surface area contributed by atoms with E-state index in [0.717, 1.165) is 6.08 Å². The summed E-state index contributed by atoms with van der Waals surface area (Å²) >= 11 is 0. The van der Waals surface area contributed by atoms with Gasteiger partial charge in [-0.2, -0.15) is 0 Å². The Hall–Kier alpha value is -0.770. The van der Waals surface area contributed by atoms with Gasteiger partial charge in [-0.1, -0.05) is 6.58 Å². The van der Waals surface area contributed by atoms with Gasteiger partial charge in [-0.25, -0.2) is 4.79 Å². The molecule has 6 heteroatoms. The van der Waals surface area contributed by atoms with Crippen LogP contribution in [0, 0.1) is 0 Å². The van der Waals surface area contributed by atoms with Crippen molar-refractivity contribution in [2.24, 2.45) is 0 Å². The lowest BCUT2D eigenvalue weighted by Crippen LogP contribution is -1.82. The Bertz CT molecular complexity index is 115. The predicted octanol–water partition coefficient (Wildman–Crippen LogP) is -0.115. The van der Waals surface area contributed by atoms with Gasteiger partial charge in [0.05, 0.1) is 0 Å². The fraction of sp³-hybridized carbons (Fsp3) is 0. The summed E-state index contributed by atoms with van der Waals surface area (Å²) in [6, 6.07) is 0. The van der Waals surface area contributed by atoms with Crippen molar-refractivity contribution in [2.75, 3.05) is 0 Å². The molecule has 0 aliphatic heterocycles. The van der Waals surface area contributed by atoms with Gasteiger partial charge in [0.15, 0.2) is 0 Å². The van der Waals surface area contributed by atoms with E-state index in [0.29, 0.717) is 0 Å². The molecule has 3 N–H and O–H groups in total. The van der Waals surface area contributed by atoms with E-state index in [1.54, 1.807) is 0 Å². The number of carbonyl (C=O) groups is 1. The Labute approximate surface area is 52.2 Å². The van der Waals surface area contributed by atoms with Crippen LogP contribution in [0.15, 0.2) is 12.7 Å². The molecule has 0 fully saturated rings. The van der Waals surface area contributed by atoms with E-state index in [-0.39, 0.29) is 0 Å². The molecule has 0 unspecified atom stereocenters. The highest BCUT2D eigenvalue weighted by molar-refractivity contribution is 7.30. The van der Waals surface area contributed by atoms with Crippen molar-refractivity contribution in [3.63, 3.8) is 0 Å². The second kappa shape index (κ2) is 7.23. The second-order valence-electron chi connectivity index (χ2n) is 0.795. The van der Waals surface area contributed by atoms with Crippen LogP contribution in [0.5, 0.6) is 0 Å². The first-order valence-corrected chi connectivity index (χ1v) is 2.87. The van der Waals surface area contributed by atoms with Crippen LogP contribution in [0.1, 0.15) is 0 Å². The standard InChI is InChI=1S/C3H4O2.HO3P/c1-2-3(4)5;1-4(2)3/h2H,1H2,(H,4,5);(H-,1,2,3)/p+1. The molecule has 52 valence electrons. The van der Waals surface area contributed by atoms with E-state index in [1.807, 2.05) is 0 Å². The van der Waals surface area contributed by atoms with Crippen LogP contribution >= 0.6 is 8.25 Å². The summed E-state index contributed by atoms with van der Waals surface area (Å²) in [5.41, 5.74) is 0. The fourth-order valence-electron chi connectivity index (χ4n) is 0. The first-order chi connectivity index (χ1) is 4.00. The number of rotatable bonds is 1. The van der Waals surface area contributed by atoms with E-state index in [9.17, 15) is 4.79 Å². The smallest absolute Gasteiger partial charge is 0.478 e. The first-order valence-electron chi connectivity index (χ1n) is 1.71. The van der Waals surface area contributed by atoms with Crippen molar-refractivity contribution >= 4 is 14.2 Å². The monoisotopic (exact) mass is 153 g/mol. The maximum absolute atomic E-state index is 9.25. The lowest BCUT2D eigenvalue weighted by Gasteiger charge is -1.64. The van der Waals surface area contributed by atoms with Crippen molar-refractivity contribution in [1.29, 1.82) is 0 Å². The highest BCUT2D eigenvalue weighted by atomic mass is 31.1. The summed E-state index contributed by atoms with van der Waals surface area (Å²) in [5.74, 6) is -0.981. The lowest BCUT2D eigenvalue weighted by atomic mass is 10.7. The minimum Gasteiger partial charge on any atom is -0.478 e. The Morgan fingerprint density at radius 3 is 1.67 bits per heavy atom. The van der Waals surface area contributed by atoms with E-state index in [4.69, 9.17) is 19.5 Å². The molecule has 0 aromatic heterocycles. The molecular formula is C3H6O5P+. The number of aliphatic carboxylic acids is 1. The predicted molar refractivity (Wildman–Crippen MR) is 29.9 cm³/mol. The number of hydrogen-bond acceptors (Lipinski definition) is 2. The van der Waals surface area contributed by atoms with Crippen molar-refractivity contribution in [3.8, 4) is 0 Å². The molecule has 0 bridgehead atoms. The molecular weight excluding hydrogens is 147 g/mol. The molecule has 5 nitrogen and oxygen atoms in total. The van der Waals surface area contributed by atoms with Crippen LogP contribution in [-0.2, 0) is 9.36 Å². The average Bonchev–Trinajstić information content (AvgIpc) is 1.65. The lowest BCUT2D eigenvalue weighted by molar-refractivity contribution is -0.131. The third-order valence-electron chi connectivity index (χ3n) is 0.175. The molecule has 0 saturated carbocycles. The number of carboxylic acids is 1. The summed E-state index contributed by atoms with van der Waals surface area (Å²) in [7, 11) is -2.87. The highest BCUT2D eigenvalue weighted by Crippen LogP contribution is 1.98. The molecule has 0 atom stereocenters. The maximum Gasteiger partial charge on any atom is 0.692 e. The first kappa shape index (κ1) is 11.1. The van der Waals surface area contributed by atoms with Crippen molar-refractivity contribution < 1.29 is 24.3 Å². The molecule has 0 aliphatic carbocycles. The quantitative estimate of drug-likeness (QED) is 0.360. The Kier molecular flexibility index (Phi) is 8.90. The van der Waals surface area contributed by atoms with E-state index in [1.165, 1.54) is 0 Å². The van der Waals surface area contributed by atoms with Crippen LogP contribution in [0.25, 0.3) is 0 Å². The van der Waals surface area contributed by atoms with Gasteiger partial charge in [-0.15, -0.1) is 9.79 Å². The number of carboxylic acid groups (broad SMARTS) is 1. The van der Waals surface area contributed by atoms with E-state index < -0.39 is 14.2 Å². The normalized spacial score (nSPS) is 6.44. The van der Waals surface area contributed by atoms with Gasteiger partial charge in [0, 0.05) is 10.6 Å². The Morgan fingerprint density at radius 1 is 1.56 bits per heavy atom. The molecule has 0 aliphatic rings. The molecule has 9 heavy (non-hydrogen) atoms. The molecule has 0 aromatic carbocycles. The largest absolute Gasteiger partial charge is 0.692 e. The minimum atomic E-state index is -2.87. The number of hydrogen-bond donors (Lipinski definition) is 3. The molecule has 0 aromatic rings. The topological polar surface area (TPSA) is 94.8 Å². The average molecular weight is 153 g/mol. The minimum absolute atomic E-state index is 0.833. The summed E-state index contributed by atoms with van der Waals surface area (Å²) in [4.78, 5) is 23.5. The zero-order valence-electron chi connectivity index (χ0n) is 4.39. The van der Waals surface area contributed by atoms with Gasteiger partial charge in [-0.3, -0.25) is 0 Å². The van der Waals surface area contributed by atoms with Gasteiger partial charge in [0.25, 0.3) is 0 Å². The van der Waals surface area contributed by atoms with Gasteiger partial charge < -0.3 is 5.11 Å². The molecule has 0 radical (unpaired) electrons. The van der Waals surface area contributed by atoms with Crippen molar-refractivity contribution in [1.82, 2.24) is 0 Å². The fourth-order valence-corrected chi connectivity index (χ4v) is 0. The second-order valence-corrected chi connectivity index (χ2v) is 1.30. The van der Waals surface area contributed by atoms with E-state index >= 15 is 0 Å². The van der Waals surface area contributed by atoms with Crippen LogP contribution < -0.4 is 0 Å². The van der Waals surface area contributed by atoms with Gasteiger partial charge in [-0.05, 0) is 0 Å². The third kappa shape index (κ3) is 131. The molecule has 0 heterocycles. The van der Waals surface area contributed by atoms with Crippen LogP contribution in [-0.4, -0.2) is 20.9 Å². The summed E-state index contributed by atoms with van der Waals surface area (Å²) in [6.45, 7) is 2.96. The molecule has 0 amide bonds. The maximum atomic E-state index is 9.25. The molecule has 0 spiro atoms. The third-order valence-corrected chi connectivity index (χ3v) is 0.175. The SMILES string of the molecule is C=CC(=O)O.O=[P+](O)O. The van der Waals surface area contributed by atoms with Gasteiger partial charge in [0.1, 0.15) is 0 Å². The zero-order valence-corrected chi connectivity index (χ0v) is 5.28. The van der Waals surface area contributed by atoms with Crippen LogP contribution in [0.4, 0.5) is 0 Å². The summed E-state index contributed by atoms with van der Waals surface area (Å²) in [5, 5.41) is 7.60. The van der Waals surface area contributed by atoms with Crippen molar-refractivity contribution in [2.45, 2.75) is 0 Å². The zero-order chi connectivity index (χ0) is 7.86. The molecule has 0 saturated heterocycles.